The summed E-state index contributed by atoms with van der Waals surface area (Å²) in [6.07, 6.45) is 3.00. The summed E-state index contributed by atoms with van der Waals surface area (Å²) in [5, 5.41) is 2.39. The highest BCUT2D eigenvalue weighted by Crippen LogP contribution is 2.30. The van der Waals surface area contributed by atoms with Crippen molar-refractivity contribution in [3.8, 4) is 0 Å². The zero-order chi connectivity index (χ0) is 18.9. The van der Waals surface area contributed by atoms with Crippen molar-refractivity contribution in [1.82, 2.24) is 9.97 Å². The molecule has 0 aliphatic carbocycles. The van der Waals surface area contributed by atoms with Crippen molar-refractivity contribution >= 4 is 39.0 Å². The number of nitrogens with two attached hydrogens (primary N) is 1. The maximum atomic E-state index is 6.10. The van der Waals surface area contributed by atoms with Gasteiger partial charge in [-0.1, -0.05) is 36.4 Å². The van der Waals surface area contributed by atoms with Crippen molar-refractivity contribution in [1.29, 1.82) is 0 Å². The highest BCUT2D eigenvalue weighted by atomic mass is 15.2. The van der Waals surface area contributed by atoms with E-state index in [9.17, 15) is 0 Å². The van der Waals surface area contributed by atoms with Crippen LogP contribution in [0.4, 0.5) is 17.2 Å². The molecule has 5 heteroatoms. The molecule has 2 N–H and O–H groups in total. The number of aromatic nitrogens is 2. The topological polar surface area (TPSA) is 58.3 Å². The first-order valence-electron chi connectivity index (χ1n) is 9.78. The maximum Gasteiger partial charge on any atom is 0.126 e. The van der Waals surface area contributed by atoms with Gasteiger partial charge >= 0.3 is 0 Å². The molecule has 1 fully saturated rings. The van der Waals surface area contributed by atoms with E-state index in [4.69, 9.17) is 5.73 Å². The molecule has 0 atom stereocenters. The summed E-state index contributed by atoms with van der Waals surface area (Å²) in [4.78, 5) is 13.9. The summed E-state index contributed by atoms with van der Waals surface area (Å²) in [6, 6.07) is 20.8. The van der Waals surface area contributed by atoms with Crippen molar-refractivity contribution in [3.05, 3.63) is 66.9 Å². The predicted octanol–water partition coefficient (Wildman–Crippen LogP) is 4.08. The highest BCUT2D eigenvalue weighted by Gasteiger charge is 2.19. The number of anilines is 3. The van der Waals surface area contributed by atoms with Gasteiger partial charge in [0.2, 0.25) is 0 Å². The first-order valence-corrected chi connectivity index (χ1v) is 9.78. The summed E-state index contributed by atoms with van der Waals surface area (Å²) in [5.41, 5.74) is 10.6. The third-order valence-electron chi connectivity index (χ3n) is 5.52. The van der Waals surface area contributed by atoms with Crippen LogP contribution in [-0.2, 0) is 0 Å². The number of pyridine rings is 2. The standard InChI is InChI=1S/C23H23N5/c24-23-16-22(18-7-2-4-9-20(18)26-23)28-13-5-12-27(14-15-28)21-10-11-25-19-8-3-1-6-17(19)21/h1-4,6-11,16H,5,12-15H2,(H2,24,26). The van der Waals surface area contributed by atoms with E-state index in [1.54, 1.807) is 0 Å². The molecule has 0 amide bonds. The summed E-state index contributed by atoms with van der Waals surface area (Å²) >= 11 is 0. The minimum atomic E-state index is 0.579. The maximum absolute atomic E-state index is 6.10. The summed E-state index contributed by atoms with van der Waals surface area (Å²) in [6.45, 7) is 3.95. The highest BCUT2D eigenvalue weighted by molar-refractivity contribution is 5.94. The Morgan fingerprint density at radius 1 is 0.714 bits per heavy atom. The number of hydrogen-bond acceptors (Lipinski definition) is 5. The molecule has 0 unspecified atom stereocenters. The van der Waals surface area contributed by atoms with Gasteiger partial charge in [0.15, 0.2) is 0 Å². The second kappa shape index (κ2) is 7.00. The lowest BCUT2D eigenvalue weighted by molar-refractivity contribution is 0.808. The Hall–Kier alpha value is -3.34. The Labute approximate surface area is 164 Å². The second-order valence-electron chi connectivity index (χ2n) is 7.26. The van der Waals surface area contributed by atoms with Gasteiger partial charge in [-0.15, -0.1) is 0 Å². The molecule has 1 saturated heterocycles. The lowest BCUT2D eigenvalue weighted by atomic mass is 10.1. The molecule has 1 aliphatic heterocycles. The normalized spacial score (nSPS) is 15.1. The van der Waals surface area contributed by atoms with E-state index in [-0.39, 0.29) is 0 Å². The van der Waals surface area contributed by atoms with Crippen LogP contribution in [0.15, 0.2) is 66.9 Å². The molecule has 0 bridgehead atoms. The van der Waals surface area contributed by atoms with E-state index in [1.165, 1.54) is 22.1 Å². The molecule has 0 saturated carbocycles. The molecule has 2 aromatic heterocycles. The third-order valence-corrected chi connectivity index (χ3v) is 5.52. The lowest BCUT2D eigenvalue weighted by Gasteiger charge is -2.26. The molecule has 5 rings (SSSR count). The van der Waals surface area contributed by atoms with Crippen molar-refractivity contribution < 1.29 is 0 Å². The predicted molar refractivity (Wildman–Crippen MR) is 117 cm³/mol. The van der Waals surface area contributed by atoms with Crippen LogP contribution in [0.5, 0.6) is 0 Å². The van der Waals surface area contributed by atoms with Gasteiger partial charge in [-0.25, -0.2) is 4.98 Å². The Balaban J connectivity index is 1.47. The van der Waals surface area contributed by atoms with Crippen LogP contribution in [-0.4, -0.2) is 36.1 Å². The fraction of sp³-hybridized carbons (Fsp3) is 0.217. The van der Waals surface area contributed by atoms with E-state index >= 15 is 0 Å². The van der Waals surface area contributed by atoms with Crippen LogP contribution in [0.3, 0.4) is 0 Å². The van der Waals surface area contributed by atoms with Crippen molar-refractivity contribution in [2.75, 3.05) is 41.7 Å². The number of fused-ring (bicyclic) bond motifs is 2. The lowest BCUT2D eigenvalue weighted by Crippen LogP contribution is -2.31. The summed E-state index contributed by atoms with van der Waals surface area (Å²) in [5.74, 6) is 0.579. The van der Waals surface area contributed by atoms with Gasteiger partial charge in [-0.2, -0.15) is 0 Å². The van der Waals surface area contributed by atoms with Gasteiger partial charge < -0.3 is 15.5 Å². The largest absolute Gasteiger partial charge is 0.384 e. The molecule has 4 aromatic rings. The molecular weight excluding hydrogens is 346 g/mol. The molecule has 5 nitrogen and oxygen atoms in total. The molecule has 28 heavy (non-hydrogen) atoms. The number of nitrogens with zero attached hydrogens (tertiary/aromatic N) is 4. The van der Waals surface area contributed by atoms with E-state index in [1.807, 2.05) is 30.5 Å². The minimum absolute atomic E-state index is 0.579. The van der Waals surface area contributed by atoms with E-state index in [0.29, 0.717) is 5.82 Å². The quantitative estimate of drug-likeness (QED) is 0.577. The van der Waals surface area contributed by atoms with E-state index in [2.05, 4.69) is 56.2 Å². The molecule has 0 spiro atoms. The third kappa shape index (κ3) is 2.99. The Morgan fingerprint density at radius 3 is 2.14 bits per heavy atom. The Bertz CT molecular complexity index is 1130. The molecule has 140 valence electrons. The van der Waals surface area contributed by atoms with Gasteiger partial charge in [0, 0.05) is 60.6 Å². The number of benzene rings is 2. The van der Waals surface area contributed by atoms with E-state index in [0.717, 1.165) is 43.6 Å². The average Bonchev–Trinajstić information content (AvgIpc) is 2.99. The monoisotopic (exact) mass is 369 g/mol. The van der Waals surface area contributed by atoms with Crippen LogP contribution in [0, 0.1) is 0 Å². The fourth-order valence-electron chi connectivity index (χ4n) is 4.19. The SMILES string of the molecule is Nc1cc(N2CCCN(c3ccnc4ccccc34)CC2)c2ccccc2n1. The van der Waals surface area contributed by atoms with Crippen molar-refractivity contribution in [2.45, 2.75) is 6.42 Å². The first-order chi connectivity index (χ1) is 13.8. The Morgan fingerprint density at radius 2 is 1.36 bits per heavy atom. The van der Waals surface area contributed by atoms with Gasteiger partial charge in [0.1, 0.15) is 5.82 Å². The van der Waals surface area contributed by atoms with Crippen LogP contribution in [0.1, 0.15) is 6.42 Å². The van der Waals surface area contributed by atoms with Crippen molar-refractivity contribution in [2.24, 2.45) is 0 Å². The van der Waals surface area contributed by atoms with Gasteiger partial charge in [0.05, 0.1) is 11.0 Å². The first kappa shape index (κ1) is 16.8. The van der Waals surface area contributed by atoms with Crippen LogP contribution in [0.2, 0.25) is 0 Å². The molecule has 3 heterocycles. The smallest absolute Gasteiger partial charge is 0.126 e. The number of hydrogen-bond donors (Lipinski definition) is 1. The molecule has 2 aromatic carbocycles. The van der Waals surface area contributed by atoms with Crippen LogP contribution in [0.25, 0.3) is 21.8 Å². The minimum Gasteiger partial charge on any atom is -0.384 e. The number of rotatable bonds is 2. The molecule has 0 radical (unpaired) electrons. The zero-order valence-electron chi connectivity index (χ0n) is 15.8. The fourth-order valence-corrected chi connectivity index (χ4v) is 4.19. The second-order valence-corrected chi connectivity index (χ2v) is 7.26. The van der Waals surface area contributed by atoms with Crippen LogP contribution < -0.4 is 15.5 Å². The number of nitrogen functional groups attached to an aromatic ring is 1. The average molecular weight is 369 g/mol. The van der Waals surface area contributed by atoms with Gasteiger partial charge in [-0.05, 0) is 24.6 Å². The molecular formula is C23H23N5. The number of para-hydroxylation sites is 2. The van der Waals surface area contributed by atoms with Gasteiger partial charge in [0.25, 0.3) is 0 Å². The summed E-state index contributed by atoms with van der Waals surface area (Å²) < 4.78 is 0. The zero-order valence-corrected chi connectivity index (χ0v) is 15.8. The molecule has 1 aliphatic rings. The van der Waals surface area contributed by atoms with Crippen molar-refractivity contribution in [3.63, 3.8) is 0 Å². The van der Waals surface area contributed by atoms with Crippen LogP contribution >= 0.6 is 0 Å². The summed E-state index contributed by atoms with van der Waals surface area (Å²) in [7, 11) is 0. The Kier molecular flexibility index (Phi) is 4.20. The van der Waals surface area contributed by atoms with Gasteiger partial charge in [-0.3, -0.25) is 4.98 Å². The van der Waals surface area contributed by atoms with E-state index < -0.39 is 0 Å².